The summed E-state index contributed by atoms with van der Waals surface area (Å²) in [4.78, 5) is 28.1. The topological polar surface area (TPSA) is 125 Å². The first-order valence-electron chi connectivity index (χ1n) is 6.21. The van der Waals surface area contributed by atoms with Crippen LogP contribution in [0.4, 0.5) is 0 Å². The summed E-state index contributed by atoms with van der Waals surface area (Å²) in [6.45, 7) is 0. The molecule has 8 heteroatoms. The maximum Gasteiger partial charge on any atom is 0.328 e. The standard InChI is InChI=1S/C14H9IN4O3/c15-7-3-1-2-6(4-7)9-8(5-16)11(17)22-13-10(9)12(20)18-14(21)19-13/h1-4,9H,17H2,(H2,18,19,20,21)/t9-/m0/s1. The number of nitrogens with zero attached hydrogens (tertiary/aromatic N) is 1. The first kappa shape index (κ1) is 14.4. The van der Waals surface area contributed by atoms with E-state index >= 15 is 0 Å². The van der Waals surface area contributed by atoms with E-state index in [0.29, 0.717) is 5.56 Å². The Labute approximate surface area is 137 Å². The van der Waals surface area contributed by atoms with Crippen LogP contribution in [0, 0.1) is 14.9 Å². The molecule has 1 aliphatic heterocycles. The third-order valence-corrected chi connectivity index (χ3v) is 3.97. The number of rotatable bonds is 1. The van der Waals surface area contributed by atoms with E-state index < -0.39 is 17.2 Å². The summed E-state index contributed by atoms with van der Waals surface area (Å²) in [7, 11) is 0. The average molecular weight is 408 g/mol. The first-order valence-corrected chi connectivity index (χ1v) is 7.28. The highest BCUT2D eigenvalue weighted by Gasteiger charge is 2.34. The van der Waals surface area contributed by atoms with Gasteiger partial charge in [0.25, 0.3) is 5.56 Å². The number of ether oxygens (including phenoxy) is 1. The normalized spacial score (nSPS) is 16.6. The van der Waals surface area contributed by atoms with Crippen LogP contribution in [-0.2, 0) is 0 Å². The van der Waals surface area contributed by atoms with E-state index in [-0.39, 0.29) is 22.9 Å². The van der Waals surface area contributed by atoms with Crippen molar-refractivity contribution >= 4 is 22.6 Å². The van der Waals surface area contributed by atoms with Gasteiger partial charge in [-0.1, -0.05) is 12.1 Å². The molecule has 22 heavy (non-hydrogen) atoms. The summed E-state index contributed by atoms with van der Waals surface area (Å²) in [5.74, 6) is -0.849. The zero-order valence-electron chi connectivity index (χ0n) is 11.0. The summed E-state index contributed by atoms with van der Waals surface area (Å²) < 4.78 is 6.18. The lowest BCUT2D eigenvalue weighted by Gasteiger charge is -2.24. The lowest BCUT2D eigenvalue weighted by atomic mass is 9.85. The second kappa shape index (κ2) is 5.34. The molecule has 1 aromatic heterocycles. The number of hydrogen-bond acceptors (Lipinski definition) is 5. The van der Waals surface area contributed by atoms with E-state index in [0.717, 1.165) is 3.57 Å². The van der Waals surface area contributed by atoms with Crippen LogP contribution in [0.15, 0.2) is 45.3 Å². The lowest BCUT2D eigenvalue weighted by molar-refractivity contribution is 0.373. The van der Waals surface area contributed by atoms with Crippen molar-refractivity contribution in [3.63, 3.8) is 0 Å². The van der Waals surface area contributed by atoms with E-state index in [2.05, 4.69) is 32.6 Å². The van der Waals surface area contributed by atoms with Crippen molar-refractivity contribution in [1.82, 2.24) is 9.97 Å². The number of aromatic nitrogens is 2. The minimum Gasteiger partial charge on any atom is -0.424 e. The molecule has 1 atom stereocenters. The van der Waals surface area contributed by atoms with Crippen LogP contribution in [0.3, 0.4) is 0 Å². The average Bonchev–Trinajstić information content (AvgIpc) is 2.45. The highest BCUT2D eigenvalue weighted by Crippen LogP contribution is 2.38. The number of H-pyrrole nitrogens is 2. The zero-order chi connectivity index (χ0) is 15.9. The largest absolute Gasteiger partial charge is 0.424 e. The van der Waals surface area contributed by atoms with E-state index in [9.17, 15) is 14.9 Å². The van der Waals surface area contributed by atoms with Crippen molar-refractivity contribution in [2.24, 2.45) is 5.73 Å². The maximum absolute atomic E-state index is 12.2. The summed E-state index contributed by atoms with van der Waals surface area (Å²) in [5, 5.41) is 9.38. The Hall–Kier alpha value is -2.54. The van der Waals surface area contributed by atoms with Gasteiger partial charge >= 0.3 is 5.69 Å². The molecule has 0 saturated heterocycles. The molecule has 3 rings (SSSR count). The molecule has 0 aliphatic carbocycles. The molecule has 0 unspecified atom stereocenters. The molecule has 0 radical (unpaired) electrons. The fraction of sp³-hybridized carbons (Fsp3) is 0.0714. The fourth-order valence-electron chi connectivity index (χ4n) is 2.41. The smallest absolute Gasteiger partial charge is 0.328 e. The Morgan fingerprint density at radius 3 is 2.77 bits per heavy atom. The van der Waals surface area contributed by atoms with Gasteiger partial charge in [0.15, 0.2) is 0 Å². The number of nitriles is 1. The highest BCUT2D eigenvalue weighted by atomic mass is 127. The van der Waals surface area contributed by atoms with Crippen molar-refractivity contribution in [1.29, 1.82) is 5.26 Å². The van der Waals surface area contributed by atoms with Crippen molar-refractivity contribution in [2.75, 3.05) is 0 Å². The second-order valence-corrected chi connectivity index (χ2v) is 5.88. The third kappa shape index (κ3) is 2.29. The van der Waals surface area contributed by atoms with E-state index in [1.54, 1.807) is 6.07 Å². The Morgan fingerprint density at radius 2 is 2.09 bits per heavy atom. The number of nitrogens with two attached hydrogens (primary N) is 1. The Bertz CT molecular complexity index is 952. The predicted octanol–water partition coefficient (Wildman–Crippen LogP) is 0.886. The van der Waals surface area contributed by atoms with Gasteiger partial charge in [-0.2, -0.15) is 5.26 Å². The monoisotopic (exact) mass is 408 g/mol. The molecule has 0 bridgehead atoms. The molecule has 0 amide bonds. The van der Waals surface area contributed by atoms with Crippen molar-refractivity contribution in [3.05, 3.63) is 71.3 Å². The van der Waals surface area contributed by atoms with Gasteiger partial charge in [0, 0.05) is 3.57 Å². The second-order valence-electron chi connectivity index (χ2n) is 4.63. The minimum absolute atomic E-state index is 0.0332. The molecule has 2 aromatic rings. The molecule has 7 nitrogen and oxygen atoms in total. The lowest BCUT2D eigenvalue weighted by Crippen LogP contribution is -2.33. The molecular weight excluding hydrogens is 399 g/mol. The molecule has 4 N–H and O–H groups in total. The van der Waals surface area contributed by atoms with Gasteiger partial charge < -0.3 is 10.5 Å². The molecule has 1 aromatic carbocycles. The van der Waals surface area contributed by atoms with Crippen LogP contribution in [0.25, 0.3) is 0 Å². The molecule has 110 valence electrons. The van der Waals surface area contributed by atoms with Gasteiger partial charge in [-0.25, -0.2) is 4.79 Å². The van der Waals surface area contributed by atoms with Gasteiger partial charge in [0.2, 0.25) is 11.8 Å². The molecule has 0 fully saturated rings. The summed E-state index contributed by atoms with van der Waals surface area (Å²) in [6.07, 6.45) is 0. The number of benzene rings is 1. The fourth-order valence-corrected chi connectivity index (χ4v) is 2.98. The molecule has 0 saturated carbocycles. The van der Waals surface area contributed by atoms with E-state index in [4.69, 9.17) is 10.5 Å². The molecule has 0 spiro atoms. The third-order valence-electron chi connectivity index (χ3n) is 3.30. The first-order chi connectivity index (χ1) is 10.5. The minimum atomic E-state index is -0.696. The molecule has 1 aliphatic rings. The van der Waals surface area contributed by atoms with Gasteiger partial charge in [0.1, 0.15) is 11.6 Å². The number of allylic oxidation sites excluding steroid dienone is 1. The van der Waals surface area contributed by atoms with E-state index in [1.807, 2.05) is 24.3 Å². The Balaban J connectivity index is 2.34. The molecule has 2 heterocycles. The summed E-state index contributed by atoms with van der Waals surface area (Å²) >= 11 is 2.13. The number of aromatic amines is 2. The SMILES string of the molecule is N#CC1=C(N)Oc2[nH]c(=O)[nH]c(=O)c2[C@H]1c1cccc(I)c1. The highest BCUT2D eigenvalue weighted by molar-refractivity contribution is 14.1. The van der Waals surface area contributed by atoms with Crippen LogP contribution in [0.2, 0.25) is 0 Å². The number of halogens is 1. The maximum atomic E-state index is 12.2. The van der Waals surface area contributed by atoms with Crippen LogP contribution in [0.5, 0.6) is 5.88 Å². The Morgan fingerprint density at radius 1 is 1.32 bits per heavy atom. The summed E-state index contributed by atoms with van der Waals surface area (Å²) in [5.41, 5.74) is 5.47. The van der Waals surface area contributed by atoms with Crippen LogP contribution in [0.1, 0.15) is 17.0 Å². The predicted molar refractivity (Wildman–Crippen MR) is 86.1 cm³/mol. The number of fused-ring (bicyclic) bond motifs is 1. The van der Waals surface area contributed by atoms with Gasteiger partial charge in [0.05, 0.1) is 11.5 Å². The van der Waals surface area contributed by atoms with Gasteiger partial charge in [-0.15, -0.1) is 0 Å². The zero-order valence-corrected chi connectivity index (χ0v) is 13.2. The van der Waals surface area contributed by atoms with Gasteiger partial charge in [-0.05, 0) is 40.3 Å². The number of nitrogens with one attached hydrogen (secondary N) is 2. The quantitative estimate of drug-likeness (QED) is 0.605. The van der Waals surface area contributed by atoms with Crippen molar-refractivity contribution in [2.45, 2.75) is 5.92 Å². The number of hydrogen-bond donors (Lipinski definition) is 3. The van der Waals surface area contributed by atoms with Crippen molar-refractivity contribution < 1.29 is 4.74 Å². The van der Waals surface area contributed by atoms with E-state index in [1.165, 1.54) is 0 Å². The van der Waals surface area contributed by atoms with Crippen LogP contribution in [-0.4, -0.2) is 9.97 Å². The van der Waals surface area contributed by atoms with Crippen LogP contribution < -0.4 is 21.7 Å². The van der Waals surface area contributed by atoms with Crippen LogP contribution >= 0.6 is 22.6 Å². The van der Waals surface area contributed by atoms with Gasteiger partial charge in [-0.3, -0.25) is 14.8 Å². The molecular formula is C14H9IN4O3. The summed E-state index contributed by atoms with van der Waals surface area (Å²) in [6, 6.07) is 9.32. The Kier molecular flexibility index (Phi) is 3.50. The van der Waals surface area contributed by atoms with Crippen molar-refractivity contribution in [3.8, 4) is 11.9 Å².